The van der Waals surface area contributed by atoms with Crippen molar-refractivity contribution in [3.05, 3.63) is 59.7 Å². The molecule has 0 radical (unpaired) electrons. The fraction of sp³-hybridized carbons (Fsp3) is 0.190. The quantitative estimate of drug-likeness (QED) is 0.488. The molecule has 0 unspecified atom stereocenters. The molecule has 4 aromatic rings. The monoisotopic (exact) mass is 413 g/mol. The smallest absolute Gasteiger partial charge is 0.387 e. The van der Waals surface area contributed by atoms with Gasteiger partial charge in [-0.05, 0) is 49.4 Å². The predicted octanol–water partition coefficient (Wildman–Crippen LogP) is 4.46. The van der Waals surface area contributed by atoms with Gasteiger partial charge in [-0.15, -0.1) is 0 Å². The Balaban J connectivity index is 1.87. The molecule has 0 aliphatic rings. The maximum atomic E-state index is 14.9. The van der Waals surface area contributed by atoms with Gasteiger partial charge < -0.3 is 10.1 Å². The van der Waals surface area contributed by atoms with E-state index in [2.05, 4.69) is 30.2 Å². The van der Waals surface area contributed by atoms with Crippen molar-refractivity contribution in [1.82, 2.24) is 25.5 Å². The Labute approximate surface area is 170 Å². The number of rotatable bonds is 6. The average Bonchev–Trinajstić information content (AvgIpc) is 3.11. The van der Waals surface area contributed by atoms with Crippen LogP contribution in [0.4, 0.5) is 13.2 Å². The Morgan fingerprint density at radius 1 is 1.10 bits per heavy atom. The van der Waals surface area contributed by atoms with E-state index in [9.17, 15) is 13.2 Å². The molecule has 0 aliphatic carbocycles. The van der Waals surface area contributed by atoms with Gasteiger partial charge in [0.05, 0.1) is 28.7 Å². The largest absolute Gasteiger partial charge is 0.434 e. The molecule has 0 amide bonds. The van der Waals surface area contributed by atoms with Crippen LogP contribution >= 0.6 is 0 Å². The predicted molar refractivity (Wildman–Crippen MR) is 107 cm³/mol. The van der Waals surface area contributed by atoms with E-state index in [0.717, 1.165) is 5.56 Å². The van der Waals surface area contributed by atoms with E-state index in [1.807, 2.05) is 19.1 Å². The third kappa shape index (κ3) is 3.84. The van der Waals surface area contributed by atoms with Gasteiger partial charge in [0.2, 0.25) is 0 Å². The zero-order valence-corrected chi connectivity index (χ0v) is 16.2. The molecule has 2 N–H and O–H groups in total. The number of halogens is 3. The first-order valence-corrected chi connectivity index (χ1v) is 9.15. The molecule has 0 saturated carbocycles. The van der Waals surface area contributed by atoms with Crippen LogP contribution in [-0.4, -0.2) is 33.8 Å². The number of ether oxygens (including phenoxy) is 1. The number of benzene rings is 1. The van der Waals surface area contributed by atoms with Crippen LogP contribution in [0.3, 0.4) is 0 Å². The molecule has 154 valence electrons. The normalized spacial score (nSPS) is 11.4. The summed E-state index contributed by atoms with van der Waals surface area (Å²) in [6.45, 7) is -0.876. The number of pyridine rings is 2. The van der Waals surface area contributed by atoms with Gasteiger partial charge in [0.1, 0.15) is 17.3 Å². The maximum absolute atomic E-state index is 14.9. The molecule has 0 bridgehead atoms. The minimum absolute atomic E-state index is 0.138. The summed E-state index contributed by atoms with van der Waals surface area (Å²) in [5, 5.41) is 10.6. The minimum Gasteiger partial charge on any atom is -0.434 e. The van der Waals surface area contributed by atoms with E-state index in [0.29, 0.717) is 34.4 Å². The highest BCUT2D eigenvalue weighted by Crippen LogP contribution is 2.36. The zero-order chi connectivity index (χ0) is 21.3. The molecule has 4 rings (SSSR count). The van der Waals surface area contributed by atoms with Gasteiger partial charge in [-0.1, -0.05) is 6.07 Å². The highest BCUT2D eigenvalue weighted by molar-refractivity contribution is 5.94. The molecule has 9 heteroatoms. The van der Waals surface area contributed by atoms with E-state index in [1.165, 1.54) is 18.3 Å². The summed E-state index contributed by atoms with van der Waals surface area (Å²) in [7, 11) is 1.68. The zero-order valence-electron chi connectivity index (χ0n) is 16.2. The van der Waals surface area contributed by atoms with Gasteiger partial charge >= 0.3 is 6.61 Å². The molecule has 1 aromatic carbocycles. The summed E-state index contributed by atoms with van der Waals surface area (Å²) in [6, 6.07) is 7.96. The fourth-order valence-electron chi connectivity index (χ4n) is 3.24. The number of aromatic amines is 1. The fourth-order valence-corrected chi connectivity index (χ4v) is 3.24. The molecule has 0 aliphatic heterocycles. The molecular weight excluding hydrogens is 395 g/mol. The van der Waals surface area contributed by atoms with Gasteiger partial charge in [0, 0.05) is 18.1 Å². The molecule has 0 fully saturated rings. The second kappa shape index (κ2) is 8.11. The number of fused-ring (bicyclic) bond motifs is 1. The van der Waals surface area contributed by atoms with Gasteiger partial charge in [-0.3, -0.25) is 15.1 Å². The van der Waals surface area contributed by atoms with Crippen LogP contribution in [0, 0.1) is 12.7 Å². The molecular formula is C21H18F3N5O. The third-order valence-electron chi connectivity index (χ3n) is 4.57. The highest BCUT2D eigenvalue weighted by atomic mass is 19.3. The first-order chi connectivity index (χ1) is 14.5. The van der Waals surface area contributed by atoms with Crippen molar-refractivity contribution in [2.45, 2.75) is 20.1 Å². The van der Waals surface area contributed by atoms with Crippen molar-refractivity contribution in [3.63, 3.8) is 0 Å². The van der Waals surface area contributed by atoms with Crippen LogP contribution in [0.25, 0.3) is 33.5 Å². The Kier molecular flexibility index (Phi) is 5.37. The molecule has 30 heavy (non-hydrogen) atoms. The molecule has 0 atom stereocenters. The van der Waals surface area contributed by atoms with Crippen LogP contribution in [0.5, 0.6) is 5.75 Å². The van der Waals surface area contributed by atoms with Crippen LogP contribution in [0.2, 0.25) is 0 Å². The van der Waals surface area contributed by atoms with E-state index >= 15 is 0 Å². The molecule has 3 aromatic heterocycles. The van der Waals surface area contributed by atoms with Gasteiger partial charge in [0.25, 0.3) is 0 Å². The molecule has 6 nitrogen and oxygen atoms in total. The van der Waals surface area contributed by atoms with Crippen LogP contribution in [0.1, 0.15) is 11.1 Å². The Bertz CT molecular complexity index is 1190. The van der Waals surface area contributed by atoms with Crippen molar-refractivity contribution in [2.24, 2.45) is 0 Å². The number of nitrogens with one attached hydrogen (secondary N) is 2. The lowest BCUT2D eigenvalue weighted by atomic mass is 10.0. The number of alkyl halides is 2. The van der Waals surface area contributed by atoms with Crippen molar-refractivity contribution in [1.29, 1.82) is 0 Å². The van der Waals surface area contributed by atoms with Crippen molar-refractivity contribution < 1.29 is 17.9 Å². The summed E-state index contributed by atoms with van der Waals surface area (Å²) in [5.41, 5.74) is 3.28. The van der Waals surface area contributed by atoms with Crippen molar-refractivity contribution >= 4 is 10.9 Å². The SMILES string of the molecule is CNCc1cc(F)c(-c2cc3c(-c4ccc(C)cn4)n[nH]c3cn2)c(OC(F)F)c1. The Morgan fingerprint density at radius 2 is 1.90 bits per heavy atom. The second-order valence-corrected chi connectivity index (χ2v) is 6.77. The number of hydrogen-bond donors (Lipinski definition) is 2. The first-order valence-electron chi connectivity index (χ1n) is 9.15. The maximum Gasteiger partial charge on any atom is 0.387 e. The summed E-state index contributed by atoms with van der Waals surface area (Å²) in [6.07, 6.45) is 3.19. The standard InChI is InChI=1S/C21H18F3N5O/c1-11-3-4-15(26-8-11)20-13-7-16(27-10-17(13)28-29-20)19-14(22)5-12(9-25-2)6-18(19)30-21(23)24/h3-8,10,21,25H,9H2,1-2H3,(H,28,29). The molecule has 0 spiro atoms. The molecule has 3 heterocycles. The van der Waals surface area contributed by atoms with Crippen molar-refractivity contribution in [2.75, 3.05) is 7.05 Å². The van der Waals surface area contributed by atoms with Crippen LogP contribution in [0.15, 0.2) is 42.7 Å². The molecule has 0 saturated heterocycles. The number of nitrogens with zero attached hydrogens (tertiary/aromatic N) is 3. The van der Waals surface area contributed by atoms with Gasteiger partial charge in [0.15, 0.2) is 0 Å². The third-order valence-corrected chi connectivity index (χ3v) is 4.57. The van der Waals surface area contributed by atoms with E-state index in [1.54, 1.807) is 19.3 Å². The first kappa shape index (κ1) is 19.8. The van der Waals surface area contributed by atoms with Gasteiger partial charge in [-0.25, -0.2) is 4.39 Å². The summed E-state index contributed by atoms with van der Waals surface area (Å²) >= 11 is 0. The lowest BCUT2D eigenvalue weighted by molar-refractivity contribution is -0.0496. The summed E-state index contributed by atoms with van der Waals surface area (Å²) < 4.78 is 45.5. The summed E-state index contributed by atoms with van der Waals surface area (Å²) in [5.74, 6) is -0.982. The average molecular weight is 413 g/mol. The number of aryl methyl sites for hydroxylation is 1. The highest BCUT2D eigenvalue weighted by Gasteiger charge is 2.20. The van der Waals surface area contributed by atoms with E-state index < -0.39 is 12.4 Å². The Hall–Kier alpha value is -3.46. The van der Waals surface area contributed by atoms with E-state index in [-0.39, 0.29) is 17.0 Å². The second-order valence-electron chi connectivity index (χ2n) is 6.77. The topological polar surface area (TPSA) is 75.7 Å². The Morgan fingerprint density at radius 3 is 2.60 bits per heavy atom. The lowest BCUT2D eigenvalue weighted by Crippen LogP contribution is -2.09. The minimum atomic E-state index is -3.10. The van der Waals surface area contributed by atoms with Gasteiger partial charge in [-0.2, -0.15) is 13.9 Å². The number of H-pyrrole nitrogens is 1. The summed E-state index contributed by atoms with van der Waals surface area (Å²) in [4.78, 5) is 8.60. The van der Waals surface area contributed by atoms with Crippen LogP contribution in [-0.2, 0) is 6.54 Å². The number of aromatic nitrogens is 4. The number of hydrogen-bond acceptors (Lipinski definition) is 5. The van der Waals surface area contributed by atoms with E-state index in [4.69, 9.17) is 0 Å². The lowest BCUT2D eigenvalue weighted by Gasteiger charge is -2.14. The van der Waals surface area contributed by atoms with Crippen molar-refractivity contribution in [3.8, 4) is 28.4 Å². The van der Waals surface area contributed by atoms with Crippen LogP contribution < -0.4 is 10.1 Å².